The number of rotatable bonds is 3. The molecule has 0 radical (unpaired) electrons. The van der Waals surface area contributed by atoms with Crippen LogP contribution < -0.4 is 0 Å². The van der Waals surface area contributed by atoms with Gasteiger partial charge in [-0.3, -0.25) is 4.79 Å². The lowest BCUT2D eigenvalue weighted by molar-refractivity contribution is 0.0981. The fraction of sp³-hybridized carbons (Fsp3) is 0.222. The van der Waals surface area contributed by atoms with Crippen LogP contribution in [0.5, 0.6) is 0 Å². The summed E-state index contributed by atoms with van der Waals surface area (Å²) in [4.78, 5) is 22.3. The summed E-state index contributed by atoms with van der Waals surface area (Å²) in [5, 5.41) is 0. The highest BCUT2D eigenvalue weighted by Crippen LogP contribution is 2.00. The van der Waals surface area contributed by atoms with Gasteiger partial charge < -0.3 is 9.55 Å². The number of imidazole rings is 2. The number of nitrogens with one attached hydrogen (secondary N) is 1. The number of carbonyl (C=O) groups is 1. The Bertz CT molecular complexity index is 429. The number of Topliss-reactive ketones (excluding diaryl/α,β-unsaturated/α-hetero) is 1. The second kappa shape index (κ2) is 3.45. The summed E-state index contributed by atoms with van der Waals surface area (Å²) in [5.41, 5.74) is 0. The Morgan fingerprint density at radius 3 is 2.93 bits per heavy atom. The molecule has 0 aromatic carbocycles. The third-order valence-corrected chi connectivity index (χ3v) is 2.00. The van der Waals surface area contributed by atoms with Crippen molar-refractivity contribution in [2.75, 3.05) is 0 Å². The third kappa shape index (κ3) is 1.56. The van der Waals surface area contributed by atoms with E-state index < -0.39 is 0 Å². The Morgan fingerprint density at radius 2 is 2.36 bits per heavy atom. The molecule has 14 heavy (non-hydrogen) atoms. The molecule has 0 atom stereocenters. The topological polar surface area (TPSA) is 63.6 Å². The number of aromatic nitrogens is 4. The first-order valence-corrected chi connectivity index (χ1v) is 4.26. The average Bonchev–Trinajstić information content (AvgIpc) is 2.77. The van der Waals surface area contributed by atoms with E-state index in [4.69, 9.17) is 0 Å². The van der Waals surface area contributed by atoms with Gasteiger partial charge in [-0.05, 0) is 0 Å². The van der Waals surface area contributed by atoms with E-state index in [0.29, 0.717) is 5.82 Å². The zero-order valence-corrected chi connectivity index (χ0v) is 7.77. The van der Waals surface area contributed by atoms with Crippen molar-refractivity contribution in [2.45, 2.75) is 6.42 Å². The van der Waals surface area contributed by atoms with Gasteiger partial charge in [0.1, 0.15) is 5.82 Å². The smallest absolute Gasteiger partial charge is 0.205 e. The van der Waals surface area contributed by atoms with Gasteiger partial charge in [-0.1, -0.05) is 0 Å². The SMILES string of the molecule is Cn1ccnc1CC(=O)c1ncc[nH]1. The van der Waals surface area contributed by atoms with E-state index in [2.05, 4.69) is 15.0 Å². The molecule has 5 heteroatoms. The summed E-state index contributed by atoms with van der Waals surface area (Å²) < 4.78 is 1.82. The highest BCUT2D eigenvalue weighted by Gasteiger charge is 2.11. The van der Waals surface area contributed by atoms with Crippen molar-refractivity contribution in [1.29, 1.82) is 0 Å². The molecule has 0 saturated heterocycles. The monoisotopic (exact) mass is 190 g/mol. The van der Waals surface area contributed by atoms with Crippen molar-refractivity contribution in [2.24, 2.45) is 7.05 Å². The van der Waals surface area contributed by atoms with Gasteiger partial charge in [0.05, 0.1) is 6.42 Å². The van der Waals surface area contributed by atoms with Crippen LogP contribution in [0.25, 0.3) is 0 Å². The molecule has 2 aromatic heterocycles. The third-order valence-electron chi connectivity index (χ3n) is 2.00. The lowest BCUT2D eigenvalue weighted by Crippen LogP contribution is -2.09. The zero-order chi connectivity index (χ0) is 9.97. The second-order valence-electron chi connectivity index (χ2n) is 2.99. The number of nitrogens with zero attached hydrogens (tertiary/aromatic N) is 3. The molecular weight excluding hydrogens is 180 g/mol. The van der Waals surface area contributed by atoms with E-state index in [1.54, 1.807) is 18.6 Å². The molecule has 0 amide bonds. The molecule has 0 fully saturated rings. The number of H-pyrrole nitrogens is 1. The highest BCUT2D eigenvalue weighted by molar-refractivity contribution is 5.93. The average molecular weight is 190 g/mol. The molecule has 0 spiro atoms. The molecule has 2 aromatic rings. The Labute approximate surface area is 80.8 Å². The number of hydrogen-bond donors (Lipinski definition) is 1. The molecule has 0 aliphatic heterocycles. The van der Waals surface area contributed by atoms with E-state index in [9.17, 15) is 4.79 Å². The van der Waals surface area contributed by atoms with Crippen LogP contribution in [-0.4, -0.2) is 25.3 Å². The van der Waals surface area contributed by atoms with Gasteiger partial charge in [-0.15, -0.1) is 0 Å². The van der Waals surface area contributed by atoms with Gasteiger partial charge in [0.25, 0.3) is 0 Å². The van der Waals surface area contributed by atoms with Crippen LogP contribution in [-0.2, 0) is 13.5 Å². The fourth-order valence-electron chi connectivity index (χ4n) is 1.21. The summed E-state index contributed by atoms with van der Waals surface area (Å²) >= 11 is 0. The lowest BCUT2D eigenvalue weighted by atomic mass is 10.2. The molecular formula is C9H10N4O. The van der Waals surface area contributed by atoms with Gasteiger partial charge in [0.2, 0.25) is 5.78 Å². The van der Waals surface area contributed by atoms with Gasteiger partial charge in [-0.25, -0.2) is 9.97 Å². The summed E-state index contributed by atoms with van der Waals surface area (Å²) in [6.45, 7) is 0. The number of carbonyl (C=O) groups excluding carboxylic acids is 1. The largest absolute Gasteiger partial charge is 0.342 e. The standard InChI is InChI=1S/C9H10N4O/c1-13-5-4-10-8(13)6-7(14)9-11-2-3-12-9/h2-5H,6H2,1H3,(H,11,12). The Morgan fingerprint density at radius 1 is 1.50 bits per heavy atom. The van der Waals surface area contributed by atoms with Crippen molar-refractivity contribution in [3.8, 4) is 0 Å². The van der Waals surface area contributed by atoms with Crippen LogP contribution in [0.15, 0.2) is 24.8 Å². The van der Waals surface area contributed by atoms with Crippen molar-refractivity contribution in [1.82, 2.24) is 19.5 Å². The van der Waals surface area contributed by atoms with Gasteiger partial charge in [0.15, 0.2) is 5.82 Å². The summed E-state index contributed by atoms with van der Waals surface area (Å²) in [6, 6.07) is 0. The first-order chi connectivity index (χ1) is 6.77. The Hall–Kier alpha value is -1.91. The van der Waals surface area contributed by atoms with Gasteiger partial charge >= 0.3 is 0 Å². The molecule has 72 valence electrons. The van der Waals surface area contributed by atoms with Gasteiger partial charge in [-0.2, -0.15) is 0 Å². The summed E-state index contributed by atoms with van der Waals surface area (Å²) in [6.07, 6.45) is 6.95. The van der Waals surface area contributed by atoms with Crippen molar-refractivity contribution in [3.05, 3.63) is 36.4 Å². The summed E-state index contributed by atoms with van der Waals surface area (Å²) in [5.74, 6) is 1.07. The summed E-state index contributed by atoms with van der Waals surface area (Å²) in [7, 11) is 1.86. The van der Waals surface area contributed by atoms with Crippen LogP contribution in [0.1, 0.15) is 16.4 Å². The van der Waals surface area contributed by atoms with Crippen LogP contribution in [0, 0.1) is 0 Å². The van der Waals surface area contributed by atoms with Crippen LogP contribution >= 0.6 is 0 Å². The second-order valence-corrected chi connectivity index (χ2v) is 2.99. The number of hydrogen-bond acceptors (Lipinski definition) is 3. The number of ketones is 1. The predicted molar refractivity (Wildman–Crippen MR) is 49.8 cm³/mol. The molecule has 1 N–H and O–H groups in total. The molecule has 0 unspecified atom stereocenters. The quantitative estimate of drug-likeness (QED) is 0.719. The highest BCUT2D eigenvalue weighted by atomic mass is 16.1. The molecule has 2 heterocycles. The van der Waals surface area contributed by atoms with E-state index in [-0.39, 0.29) is 12.2 Å². The Kier molecular flexibility index (Phi) is 2.14. The van der Waals surface area contributed by atoms with E-state index in [1.807, 2.05) is 17.8 Å². The van der Waals surface area contributed by atoms with Crippen molar-refractivity contribution >= 4 is 5.78 Å². The maximum atomic E-state index is 11.6. The molecule has 0 saturated carbocycles. The molecule has 0 bridgehead atoms. The van der Waals surface area contributed by atoms with Crippen LogP contribution in [0.4, 0.5) is 0 Å². The molecule has 2 rings (SSSR count). The maximum Gasteiger partial charge on any atom is 0.205 e. The van der Waals surface area contributed by atoms with Crippen molar-refractivity contribution < 1.29 is 4.79 Å². The van der Waals surface area contributed by atoms with Gasteiger partial charge in [0, 0.05) is 31.8 Å². The maximum absolute atomic E-state index is 11.6. The first kappa shape index (κ1) is 8.68. The van der Waals surface area contributed by atoms with Crippen LogP contribution in [0.3, 0.4) is 0 Å². The minimum atomic E-state index is -0.0516. The number of aryl methyl sites for hydroxylation is 1. The van der Waals surface area contributed by atoms with Crippen molar-refractivity contribution in [3.63, 3.8) is 0 Å². The minimum Gasteiger partial charge on any atom is -0.342 e. The predicted octanol–water partition coefficient (Wildman–Crippen LogP) is 0.569. The fourth-order valence-corrected chi connectivity index (χ4v) is 1.21. The van der Waals surface area contributed by atoms with E-state index in [0.717, 1.165) is 5.82 Å². The first-order valence-electron chi connectivity index (χ1n) is 4.26. The molecule has 0 aliphatic rings. The van der Waals surface area contributed by atoms with Crippen LogP contribution in [0.2, 0.25) is 0 Å². The number of aromatic amines is 1. The van der Waals surface area contributed by atoms with E-state index >= 15 is 0 Å². The lowest BCUT2D eigenvalue weighted by Gasteiger charge is -1.98. The molecule has 0 aliphatic carbocycles. The normalized spacial score (nSPS) is 10.4. The molecule has 5 nitrogen and oxygen atoms in total. The zero-order valence-electron chi connectivity index (χ0n) is 7.77. The minimum absolute atomic E-state index is 0.0516. The van der Waals surface area contributed by atoms with E-state index in [1.165, 1.54) is 0 Å². The Balaban J connectivity index is 2.13.